The first-order valence-corrected chi connectivity index (χ1v) is 8.71. The molecule has 0 fully saturated rings. The molecule has 0 saturated heterocycles. The monoisotopic (exact) mass is 378 g/mol. The zero-order chi connectivity index (χ0) is 20.1. The number of ether oxygens (including phenoxy) is 2. The molecule has 2 N–H and O–H groups in total. The van der Waals surface area contributed by atoms with Gasteiger partial charge in [0.1, 0.15) is 11.5 Å². The number of carbonyl (C=O) groups excluding carboxylic acids is 1. The van der Waals surface area contributed by atoms with Crippen molar-refractivity contribution >= 4 is 23.1 Å². The summed E-state index contributed by atoms with van der Waals surface area (Å²) in [5, 5.41) is 14.1. The fourth-order valence-corrected chi connectivity index (χ4v) is 2.62. The highest BCUT2D eigenvalue weighted by Crippen LogP contribution is 2.29. The second kappa shape index (κ2) is 8.39. The van der Waals surface area contributed by atoms with E-state index in [2.05, 4.69) is 20.8 Å². The van der Waals surface area contributed by atoms with E-state index in [0.29, 0.717) is 23.0 Å². The minimum Gasteiger partial charge on any atom is -0.497 e. The van der Waals surface area contributed by atoms with Gasteiger partial charge in [-0.25, -0.2) is 0 Å². The lowest BCUT2D eigenvalue weighted by Crippen LogP contribution is -2.15. The van der Waals surface area contributed by atoms with Gasteiger partial charge >= 0.3 is 0 Å². The first-order chi connectivity index (χ1) is 13.5. The number of rotatable bonds is 6. The van der Waals surface area contributed by atoms with Gasteiger partial charge in [0.05, 0.1) is 19.9 Å². The number of nitrogens with zero attached hydrogens (tertiary/aromatic N) is 2. The van der Waals surface area contributed by atoms with E-state index in [9.17, 15) is 4.79 Å². The van der Waals surface area contributed by atoms with E-state index in [-0.39, 0.29) is 11.6 Å². The Morgan fingerprint density at radius 2 is 1.71 bits per heavy atom. The molecule has 0 atom stereocenters. The molecule has 7 heteroatoms. The van der Waals surface area contributed by atoms with Crippen molar-refractivity contribution in [1.82, 2.24) is 10.2 Å². The number of methoxy groups -OCH3 is 2. The van der Waals surface area contributed by atoms with Gasteiger partial charge in [0.25, 0.3) is 5.91 Å². The van der Waals surface area contributed by atoms with Crippen molar-refractivity contribution in [2.45, 2.75) is 13.8 Å². The lowest BCUT2D eigenvalue weighted by molar-refractivity contribution is 0.102. The highest BCUT2D eigenvalue weighted by atomic mass is 16.5. The molecule has 0 saturated carbocycles. The van der Waals surface area contributed by atoms with Gasteiger partial charge in [-0.05, 0) is 55.3 Å². The zero-order valence-corrected chi connectivity index (χ0v) is 16.2. The van der Waals surface area contributed by atoms with Crippen molar-refractivity contribution in [3.63, 3.8) is 0 Å². The number of anilines is 3. The normalized spacial score (nSPS) is 10.3. The molecule has 2 aromatic carbocycles. The van der Waals surface area contributed by atoms with Crippen LogP contribution in [0.1, 0.15) is 21.6 Å². The first kappa shape index (κ1) is 19.2. The van der Waals surface area contributed by atoms with Gasteiger partial charge in [0.2, 0.25) is 0 Å². The predicted molar refractivity (Wildman–Crippen MR) is 109 cm³/mol. The minimum absolute atomic E-state index is 0.199. The van der Waals surface area contributed by atoms with Crippen LogP contribution in [-0.2, 0) is 0 Å². The van der Waals surface area contributed by atoms with Gasteiger partial charge < -0.3 is 20.1 Å². The fourth-order valence-electron chi connectivity index (χ4n) is 2.62. The van der Waals surface area contributed by atoms with Crippen LogP contribution < -0.4 is 20.1 Å². The second-order valence-corrected chi connectivity index (χ2v) is 6.27. The summed E-state index contributed by atoms with van der Waals surface area (Å²) in [5.41, 5.74) is 3.91. The molecule has 3 rings (SSSR count). The Bertz CT molecular complexity index is 987. The van der Waals surface area contributed by atoms with Crippen LogP contribution in [-0.4, -0.2) is 30.3 Å². The average Bonchev–Trinajstić information content (AvgIpc) is 2.71. The van der Waals surface area contributed by atoms with E-state index in [1.54, 1.807) is 37.4 Å². The third kappa shape index (κ3) is 4.37. The van der Waals surface area contributed by atoms with Gasteiger partial charge in [-0.1, -0.05) is 12.1 Å². The Morgan fingerprint density at radius 3 is 2.39 bits per heavy atom. The van der Waals surface area contributed by atoms with E-state index in [0.717, 1.165) is 16.8 Å². The zero-order valence-electron chi connectivity index (χ0n) is 16.2. The number of benzene rings is 2. The molecule has 0 bridgehead atoms. The lowest BCUT2D eigenvalue weighted by atomic mass is 10.1. The van der Waals surface area contributed by atoms with Crippen LogP contribution in [0, 0.1) is 13.8 Å². The molecular formula is C21H22N4O3. The maximum absolute atomic E-state index is 12.5. The van der Waals surface area contributed by atoms with Crippen LogP contribution in [0.25, 0.3) is 0 Å². The summed E-state index contributed by atoms with van der Waals surface area (Å²) in [5.74, 6) is 1.31. The average molecular weight is 378 g/mol. The van der Waals surface area contributed by atoms with E-state index < -0.39 is 0 Å². The van der Waals surface area contributed by atoms with Gasteiger partial charge in [0.15, 0.2) is 11.5 Å². The van der Waals surface area contributed by atoms with Crippen molar-refractivity contribution in [2.75, 3.05) is 24.9 Å². The molecule has 1 heterocycles. The molecule has 0 unspecified atom stereocenters. The summed E-state index contributed by atoms with van der Waals surface area (Å²) < 4.78 is 10.4. The Morgan fingerprint density at radius 1 is 0.893 bits per heavy atom. The highest BCUT2D eigenvalue weighted by Gasteiger charge is 2.13. The van der Waals surface area contributed by atoms with E-state index in [1.165, 1.54) is 7.11 Å². The summed E-state index contributed by atoms with van der Waals surface area (Å²) in [4.78, 5) is 12.5. The van der Waals surface area contributed by atoms with Gasteiger partial charge in [-0.2, -0.15) is 0 Å². The maximum atomic E-state index is 12.5. The van der Waals surface area contributed by atoms with Crippen molar-refractivity contribution < 1.29 is 14.3 Å². The van der Waals surface area contributed by atoms with Gasteiger partial charge in [-0.15, -0.1) is 10.2 Å². The Balaban J connectivity index is 1.73. The first-order valence-electron chi connectivity index (χ1n) is 8.71. The number of hydrogen-bond donors (Lipinski definition) is 2. The lowest BCUT2D eigenvalue weighted by Gasteiger charge is -2.12. The fraction of sp³-hybridized carbons (Fsp3) is 0.190. The number of hydrogen-bond acceptors (Lipinski definition) is 6. The van der Waals surface area contributed by atoms with Crippen LogP contribution in [0.15, 0.2) is 48.5 Å². The summed E-state index contributed by atoms with van der Waals surface area (Å²) in [6.45, 7) is 4.04. The smallest absolute Gasteiger partial charge is 0.276 e. The van der Waals surface area contributed by atoms with Gasteiger partial charge in [-0.3, -0.25) is 4.79 Å². The van der Waals surface area contributed by atoms with Crippen LogP contribution in [0.5, 0.6) is 11.5 Å². The van der Waals surface area contributed by atoms with Crippen LogP contribution in [0.2, 0.25) is 0 Å². The molecule has 144 valence electrons. The predicted octanol–water partition coefficient (Wildman–Crippen LogP) is 4.11. The van der Waals surface area contributed by atoms with E-state index in [4.69, 9.17) is 9.47 Å². The van der Waals surface area contributed by atoms with E-state index in [1.807, 2.05) is 32.0 Å². The highest BCUT2D eigenvalue weighted by molar-refractivity contribution is 6.03. The van der Waals surface area contributed by atoms with Crippen molar-refractivity contribution in [3.8, 4) is 11.5 Å². The SMILES string of the molecule is COc1ccc(NC(=O)c2ccc(Nc3cc(C)ccc3C)nn2)c(OC)c1. The van der Waals surface area contributed by atoms with E-state index >= 15 is 0 Å². The quantitative estimate of drug-likeness (QED) is 0.671. The number of amides is 1. The molecule has 0 aliphatic heterocycles. The van der Waals surface area contributed by atoms with Crippen molar-refractivity contribution in [3.05, 3.63) is 65.4 Å². The molecule has 3 aromatic rings. The largest absolute Gasteiger partial charge is 0.497 e. The molecule has 0 radical (unpaired) electrons. The summed E-state index contributed by atoms with van der Waals surface area (Å²) >= 11 is 0. The number of carbonyl (C=O) groups is 1. The number of nitrogens with one attached hydrogen (secondary N) is 2. The minimum atomic E-state index is -0.380. The second-order valence-electron chi connectivity index (χ2n) is 6.27. The third-order valence-electron chi connectivity index (χ3n) is 4.21. The summed E-state index contributed by atoms with van der Waals surface area (Å²) in [7, 11) is 3.09. The molecule has 0 aliphatic rings. The Labute approximate surface area is 163 Å². The number of aromatic nitrogens is 2. The molecule has 0 aliphatic carbocycles. The molecule has 0 spiro atoms. The molecule has 28 heavy (non-hydrogen) atoms. The van der Waals surface area contributed by atoms with Crippen molar-refractivity contribution in [1.29, 1.82) is 0 Å². The summed E-state index contributed by atoms with van der Waals surface area (Å²) in [6.07, 6.45) is 0. The molecular weight excluding hydrogens is 356 g/mol. The number of aryl methyl sites for hydroxylation is 2. The molecule has 1 amide bonds. The van der Waals surface area contributed by atoms with Crippen LogP contribution in [0.3, 0.4) is 0 Å². The van der Waals surface area contributed by atoms with Crippen LogP contribution >= 0.6 is 0 Å². The Hall–Kier alpha value is -3.61. The summed E-state index contributed by atoms with van der Waals surface area (Å²) in [6, 6.07) is 14.6. The van der Waals surface area contributed by atoms with Crippen LogP contribution in [0.4, 0.5) is 17.2 Å². The Kier molecular flexibility index (Phi) is 5.74. The molecule has 1 aromatic heterocycles. The topological polar surface area (TPSA) is 85.4 Å². The maximum Gasteiger partial charge on any atom is 0.276 e. The standard InChI is InChI=1S/C21H22N4O3/c1-13-5-6-14(2)18(11-13)22-20-10-9-17(24-25-20)21(26)23-16-8-7-15(27-3)12-19(16)28-4/h5-12H,1-4H3,(H,22,25)(H,23,26). The third-order valence-corrected chi connectivity index (χ3v) is 4.21. The van der Waals surface area contributed by atoms with Gasteiger partial charge in [0, 0.05) is 11.8 Å². The van der Waals surface area contributed by atoms with Crippen molar-refractivity contribution in [2.24, 2.45) is 0 Å². The molecule has 7 nitrogen and oxygen atoms in total.